The number of H-pyrrole nitrogens is 1. The number of imidazole rings is 1. The molecule has 1 aliphatic heterocycles. The van der Waals surface area contributed by atoms with Crippen LogP contribution in [0.5, 0.6) is 0 Å². The summed E-state index contributed by atoms with van der Waals surface area (Å²) in [5, 5.41) is 2.08. The highest BCUT2D eigenvalue weighted by molar-refractivity contribution is 5.34. The van der Waals surface area contributed by atoms with Gasteiger partial charge in [-0.3, -0.25) is 5.01 Å². The number of hydrogen-bond donors (Lipinski definition) is 2. The minimum atomic E-state index is 1.05. The first-order chi connectivity index (χ1) is 4.97. The van der Waals surface area contributed by atoms with Crippen LogP contribution in [0, 0.1) is 0 Å². The Bertz CT molecular complexity index is 188. The van der Waals surface area contributed by atoms with Crippen molar-refractivity contribution in [3.05, 3.63) is 12.5 Å². The number of hydrogen-bond acceptors (Lipinski definition) is 3. The lowest BCUT2D eigenvalue weighted by Gasteiger charge is -2.13. The first-order valence-corrected chi connectivity index (χ1v) is 3.46. The molecule has 1 fully saturated rings. The highest BCUT2D eigenvalue weighted by atomic mass is 15.5. The van der Waals surface area contributed by atoms with Crippen molar-refractivity contribution < 1.29 is 0 Å². The summed E-state index contributed by atoms with van der Waals surface area (Å²) in [4.78, 5) is 6.96. The van der Waals surface area contributed by atoms with Gasteiger partial charge in [0, 0.05) is 13.1 Å². The van der Waals surface area contributed by atoms with Gasteiger partial charge in [-0.1, -0.05) is 0 Å². The van der Waals surface area contributed by atoms with E-state index in [1.54, 1.807) is 6.33 Å². The first kappa shape index (κ1) is 5.73. The molecular formula is C6H10N4. The molecule has 2 N–H and O–H groups in total. The van der Waals surface area contributed by atoms with Gasteiger partial charge in [-0.15, -0.1) is 0 Å². The minimum Gasteiger partial charge on any atom is -0.330 e. The highest BCUT2D eigenvalue weighted by Gasteiger charge is 2.11. The molecule has 0 atom stereocenters. The lowest BCUT2D eigenvalue weighted by molar-refractivity contribution is 0.776. The summed E-state index contributed by atoms with van der Waals surface area (Å²) in [6.07, 6.45) is 4.71. The van der Waals surface area contributed by atoms with Gasteiger partial charge in [0.2, 0.25) is 0 Å². The molecule has 54 valence electrons. The number of aromatic amines is 1. The third kappa shape index (κ3) is 0.863. The number of rotatable bonds is 1. The Balaban J connectivity index is 2.12. The minimum absolute atomic E-state index is 1.05. The quantitative estimate of drug-likeness (QED) is 0.579. The maximum absolute atomic E-state index is 3.93. The predicted molar refractivity (Wildman–Crippen MR) is 38.6 cm³/mol. The van der Waals surface area contributed by atoms with Gasteiger partial charge in [0.05, 0.1) is 12.5 Å². The van der Waals surface area contributed by atoms with Crippen molar-refractivity contribution >= 4 is 5.82 Å². The molecule has 0 saturated carbocycles. The zero-order chi connectivity index (χ0) is 6.81. The Morgan fingerprint density at radius 1 is 1.60 bits per heavy atom. The van der Waals surface area contributed by atoms with Gasteiger partial charge < -0.3 is 4.98 Å². The SMILES string of the molecule is c1ncc(N2CCCN2)[nH]1. The largest absolute Gasteiger partial charge is 0.330 e. The third-order valence-electron chi connectivity index (χ3n) is 1.64. The molecule has 1 aliphatic rings. The predicted octanol–water partition coefficient (Wildman–Crippen LogP) is 0.124. The molecule has 0 radical (unpaired) electrons. The van der Waals surface area contributed by atoms with Gasteiger partial charge in [-0.2, -0.15) is 0 Å². The molecule has 2 heterocycles. The number of nitrogens with zero attached hydrogens (tertiary/aromatic N) is 2. The van der Waals surface area contributed by atoms with Crippen LogP contribution in [-0.4, -0.2) is 23.1 Å². The van der Waals surface area contributed by atoms with E-state index in [1.165, 1.54) is 6.42 Å². The zero-order valence-electron chi connectivity index (χ0n) is 5.67. The van der Waals surface area contributed by atoms with E-state index in [1.807, 2.05) is 6.20 Å². The fourth-order valence-corrected chi connectivity index (χ4v) is 1.13. The van der Waals surface area contributed by atoms with E-state index >= 15 is 0 Å². The molecule has 1 aromatic rings. The fourth-order valence-electron chi connectivity index (χ4n) is 1.13. The number of aromatic nitrogens is 2. The monoisotopic (exact) mass is 138 g/mol. The summed E-state index contributed by atoms with van der Waals surface area (Å²) in [6, 6.07) is 0. The molecule has 0 spiro atoms. The van der Waals surface area contributed by atoms with Crippen LogP contribution >= 0.6 is 0 Å². The van der Waals surface area contributed by atoms with E-state index < -0.39 is 0 Å². The van der Waals surface area contributed by atoms with Crippen molar-refractivity contribution in [1.82, 2.24) is 15.4 Å². The Labute approximate surface area is 59.2 Å². The average Bonchev–Trinajstić information content (AvgIpc) is 2.59. The van der Waals surface area contributed by atoms with Gasteiger partial charge >= 0.3 is 0 Å². The standard InChI is InChI=1S/C6H10N4/c1-2-9-10(3-1)6-4-7-5-8-6/h4-5,9H,1-3H2,(H,7,8). The Morgan fingerprint density at radius 3 is 3.20 bits per heavy atom. The molecule has 0 aromatic carbocycles. The molecule has 1 saturated heterocycles. The van der Waals surface area contributed by atoms with E-state index in [4.69, 9.17) is 0 Å². The summed E-state index contributed by atoms with van der Waals surface area (Å²) in [5.74, 6) is 1.05. The smallest absolute Gasteiger partial charge is 0.140 e. The summed E-state index contributed by atoms with van der Waals surface area (Å²) in [5.41, 5.74) is 3.22. The number of hydrazine groups is 1. The molecule has 4 heteroatoms. The molecule has 0 amide bonds. The van der Waals surface area contributed by atoms with E-state index in [2.05, 4.69) is 20.4 Å². The van der Waals surface area contributed by atoms with Crippen molar-refractivity contribution in [2.75, 3.05) is 18.1 Å². The molecule has 2 rings (SSSR count). The van der Waals surface area contributed by atoms with E-state index in [-0.39, 0.29) is 0 Å². The van der Waals surface area contributed by atoms with E-state index in [0.29, 0.717) is 0 Å². The summed E-state index contributed by atoms with van der Waals surface area (Å²) >= 11 is 0. The number of anilines is 1. The van der Waals surface area contributed by atoms with Gasteiger partial charge in [-0.05, 0) is 6.42 Å². The Morgan fingerprint density at radius 2 is 2.60 bits per heavy atom. The second-order valence-electron chi connectivity index (χ2n) is 2.35. The third-order valence-corrected chi connectivity index (χ3v) is 1.64. The van der Waals surface area contributed by atoms with Crippen LogP contribution in [0.1, 0.15) is 6.42 Å². The molecular weight excluding hydrogens is 128 g/mol. The van der Waals surface area contributed by atoms with E-state index in [9.17, 15) is 0 Å². The van der Waals surface area contributed by atoms with Crippen molar-refractivity contribution in [3.8, 4) is 0 Å². The normalized spacial score (nSPS) is 18.2. The molecule has 0 bridgehead atoms. The zero-order valence-corrected chi connectivity index (χ0v) is 5.67. The Hall–Kier alpha value is -1.03. The van der Waals surface area contributed by atoms with Gasteiger partial charge in [0.1, 0.15) is 5.82 Å². The fraction of sp³-hybridized carbons (Fsp3) is 0.500. The van der Waals surface area contributed by atoms with Gasteiger partial charge in [0.15, 0.2) is 0 Å². The van der Waals surface area contributed by atoms with Crippen LogP contribution in [0.3, 0.4) is 0 Å². The molecule has 0 aliphatic carbocycles. The number of nitrogens with one attached hydrogen (secondary N) is 2. The summed E-state index contributed by atoms with van der Waals surface area (Å²) in [7, 11) is 0. The van der Waals surface area contributed by atoms with Crippen LogP contribution in [0.15, 0.2) is 12.5 Å². The van der Waals surface area contributed by atoms with E-state index in [0.717, 1.165) is 18.9 Å². The maximum atomic E-state index is 3.93. The van der Waals surface area contributed by atoms with Gasteiger partial charge in [-0.25, -0.2) is 10.4 Å². The van der Waals surface area contributed by atoms with Crippen LogP contribution < -0.4 is 10.4 Å². The van der Waals surface area contributed by atoms with Crippen LogP contribution in [0.25, 0.3) is 0 Å². The molecule has 10 heavy (non-hydrogen) atoms. The van der Waals surface area contributed by atoms with Crippen LogP contribution in [0.4, 0.5) is 5.82 Å². The molecule has 0 unspecified atom stereocenters. The lowest BCUT2D eigenvalue weighted by atomic mass is 10.5. The van der Waals surface area contributed by atoms with Crippen LogP contribution in [0.2, 0.25) is 0 Å². The first-order valence-electron chi connectivity index (χ1n) is 3.46. The highest BCUT2D eigenvalue weighted by Crippen LogP contribution is 2.08. The summed E-state index contributed by atoms with van der Waals surface area (Å²) in [6.45, 7) is 2.14. The topological polar surface area (TPSA) is 44.0 Å². The second-order valence-corrected chi connectivity index (χ2v) is 2.35. The molecule has 4 nitrogen and oxygen atoms in total. The average molecular weight is 138 g/mol. The van der Waals surface area contributed by atoms with Crippen molar-refractivity contribution in [2.45, 2.75) is 6.42 Å². The van der Waals surface area contributed by atoms with Crippen molar-refractivity contribution in [2.24, 2.45) is 0 Å². The Kier molecular flexibility index (Phi) is 1.32. The lowest BCUT2D eigenvalue weighted by Crippen LogP contribution is -2.30. The summed E-state index contributed by atoms with van der Waals surface area (Å²) < 4.78 is 0. The maximum Gasteiger partial charge on any atom is 0.140 e. The van der Waals surface area contributed by atoms with Crippen molar-refractivity contribution in [1.29, 1.82) is 0 Å². The van der Waals surface area contributed by atoms with Crippen LogP contribution in [-0.2, 0) is 0 Å². The van der Waals surface area contributed by atoms with Gasteiger partial charge in [0.25, 0.3) is 0 Å². The van der Waals surface area contributed by atoms with Crippen molar-refractivity contribution in [3.63, 3.8) is 0 Å². The second kappa shape index (κ2) is 2.30. The molecule has 1 aromatic heterocycles.